The van der Waals surface area contributed by atoms with Gasteiger partial charge in [-0.05, 0) is 19.9 Å². The predicted molar refractivity (Wildman–Crippen MR) is 121 cm³/mol. The Morgan fingerprint density at radius 3 is 2.69 bits per heavy atom. The number of carbonyl (C=O) groups excluding carboxylic acids is 1. The number of aromatic nitrogens is 4. The SMILES string of the molecule is CCn1c(SCC(=O)Nc2nc(-c3ccccc3)cs2)nnc1-c1csc(C)c1. The van der Waals surface area contributed by atoms with Gasteiger partial charge in [0, 0.05) is 33.3 Å². The maximum Gasteiger partial charge on any atom is 0.236 e. The molecular weight excluding hydrogens is 422 g/mol. The van der Waals surface area contributed by atoms with E-state index in [1.807, 2.05) is 40.3 Å². The first kappa shape index (κ1) is 19.8. The summed E-state index contributed by atoms with van der Waals surface area (Å²) in [6.45, 7) is 4.87. The van der Waals surface area contributed by atoms with Gasteiger partial charge in [0.05, 0.1) is 11.4 Å². The molecule has 9 heteroatoms. The lowest BCUT2D eigenvalue weighted by Gasteiger charge is -2.06. The van der Waals surface area contributed by atoms with E-state index in [0.29, 0.717) is 5.13 Å². The first-order valence-electron chi connectivity index (χ1n) is 9.06. The van der Waals surface area contributed by atoms with Crippen molar-refractivity contribution in [3.05, 3.63) is 52.0 Å². The molecule has 1 aromatic carbocycles. The third-order valence-electron chi connectivity index (χ3n) is 4.17. The molecule has 6 nitrogen and oxygen atoms in total. The molecule has 0 saturated carbocycles. The first-order valence-corrected chi connectivity index (χ1v) is 11.8. The third kappa shape index (κ3) is 4.58. The second kappa shape index (κ2) is 8.89. The zero-order valence-corrected chi connectivity index (χ0v) is 18.4. The number of nitrogens with zero attached hydrogens (tertiary/aromatic N) is 4. The summed E-state index contributed by atoms with van der Waals surface area (Å²) in [4.78, 5) is 18.1. The number of nitrogens with one attached hydrogen (secondary N) is 1. The topological polar surface area (TPSA) is 72.7 Å². The Morgan fingerprint density at radius 2 is 1.97 bits per heavy atom. The van der Waals surface area contributed by atoms with Gasteiger partial charge < -0.3 is 9.88 Å². The molecule has 0 unspecified atom stereocenters. The van der Waals surface area contributed by atoms with Crippen molar-refractivity contribution in [2.45, 2.75) is 25.5 Å². The minimum Gasteiger partial charge on any atom is -0.302 e. The predicted octanol–water partition coefficient (Wildman–Crippen LogP) is 5.19. The third-order valence-corrected chi connectivity index (χ3v) is 6.76. The van der Waals surface area contributed by atoms with Crippen LogP contribution < -0.4 is 5.32 Å². The Balaban J connectivity index is 1.39. The van der Waals surface area contributed by atoms with E-state index in [4.69, 9.17) is 0 Å². The van der Waals surface area contributed by atoms with Crippen molar-refractivity contribution in [1.82, 2.24) is 19.7 Å². The lowest BCUT2D eigenvalue weighted by Crippen LogP contribution is -2.14. The normalized spacial score (nSPS) is 11.0. The van der Waals surface area contributed by atoms with Crippen LogP contribution in [0, 0.1) is 6.92 Å². The number of aryl methyl sites for hydroxylation is 1. The van der Waals surface area contributed by atoms with E-state index in [2.05, 4.69) is 45.8 Å². The molecule has 0 atom stereocenters. The number of hydrogen-bond donors (Lipinski definition) is 1. The minimum absolute atomic E-state index is 0.109. The number of thioether (sulfide) groups is 1. The van der Waals surface area contributed by atoms with Crippen molar-refractivity contribution in [1.29, 1.82) is 0 Å². The van der Waals surface area contributed by atoms with E-state index in [1.165, 1.54) is 28.0 Å². The van der Waals surface area contributed by atoms with Crippen molar-refractivity contribution in [3.63, 3.8) is 0 Å². The van der Waals surface area contributed by atoms with Gasteiger partial charge in [-0.25, -0.2) is 4.98 Å². The van der Waals surface area contributed by atoms with Gasteiger partial charge >= 0.3 is 0 Å². The molecule has 3 heterocycles. The summed E-state index contributed by atoms with van der Waals surface area (Å²) in [6, 6.07) is 12.0. The van der Waals surface area contributed by atoms with Crippen molar-refractivity contribution < 1.29 is 4.79 Å². The summed E-state index contributed by atoms with van der Waals surface area (Å²) < 4.78 is 2.04. The smallest absolute Gasteiger partial charge is 0.236 e. The van der Waals surface area contributed by atoms with Crippen LogP contribution in [0.2, 0.25) is 0 Å². The average molecular weight is 442 g/mol. The number of anilines is 1. The van der Waals surface area contributed by atoms with Gasteiger partial charge in [0.15, 0.2) is 16.1 Å². The number of carbonyl (C=O) groups is 1. The van der Waals surface area contributed by atoms with Crippen molar-refractivity contribution in [2.24, 2.45) is 0 Å². The molecule has 1 amide bonds. The van der Waals surface area contributed by atoms with E-state index in [0.717, 1.165) is 34.3 Å². The van der Waals surface area contributed by atoms with E-state index in [1.54, 1.807) is 11.3 Å². The largest absolute Gasteiger partial charge is 0.302 e. The molecule has 29 heavy (non-hydrogen) atoms. The van der Waals surface area contributed by atoms with Crippen molar-refractivity contribution in [3.8, 4) is 22.6 Å². The standard InChI is InChI=1S/C20H19N5OS3/c1-3-25-18(15-9-13(2)27-10-15)23-24-20(25)29-12-17(26)22-19-21-16(11-28-19)14-7-5-4-6-8-14/h4-11H,3,12H2,1-2H3,(H,21,22,26). The van der Waals surface area contributed by atoms with Crippen LogP contribution in [0.4, 0.5) is 5.13 Å². The number of thiophene rings is 1. The molecule has 0 aliphatic heterocycles. The number of thiazole rings is 1. The maximum absolute atomic E-state index is 12.4. The fourth-order valence-electron chi connectivity index (χ4n) is 2.81. The molecule has 148 valence electrons. The fraction of sp³-hybridized carbons (Fsp3) is 0.200. The van der Waals surface area contributed by atoms with Crippen LogP contribution in [0.5, 0.6) is 0 Å². The molecule has 4 rings (SSSR count). The molecule has 0 aliphatic carbocycles. The summed E-state index contributed by atoms with van der Waals surface area (Å²) in [5.74, 6) is 0.982. The summed E-state index contributed by atoms with van der Waals surface area (Å²) in [5, 5.41) is 16.9. The number of hydrogen-bond acceptors (Lipinski definition) is 7. The molecule has 0 saturated heterocycles. The molecule has 0 bridgehead atoms. The Bertz CT molecular complexity index is 1120. The van der Waals surface area contributed by atoms with Crippen LogP contribution in [0.3, 0.4) is 0 Å². The Hall–Kier alpha value is -2.49. The summed E-state index contributed by atoms with van der Waals surface area (Å²) in [5.41, 5.74) is 2.96. The maximum atomic E-state index is 12.4. The van der Waals surface area contributed by atoms with E-state index < -0.39 is 0 Å². The van der Waals surface area contributed by atoms with E-state index >= 15 is 0 Å². The van der Waals surface area contributed by atoms with Crippen LogP contribution in [-0.4, -0.2) is 31.4 Å². The Kier molecular flexibility index (Phi) is 6.08. The molecule has 0 spiro atoms. The highest BCUT2D eigenvalue weighted by molar-refractivity contribution is 7.99. The molecule has 0 radical (unpaired) electrons. The molecular formula is C20H19N5OS3. The van der Waals surface area contributed by atoms with Gasteiger partial charge in [0.1, 0.15) is 0 Å². The molecule has 1 N–H and O–H groups in total. The first-order chi connectivity index (χ1) is 14.1. The van der Waals surface area contributed by atoms with Gasteiger partial charge in [-0.15, -0.1) is 32.9 Å². The van der Waals surface area contributed by atoms with Crippen LogP contribution in [0.1, 0.15) is 11.8 Å². The van der Waals surface area contributed by atoms with Crippen LogP contribution >= 0.6 is 34.4 Å². The fourth-order valence-corrected chi connectivity index (χ4v) is 5.03. The van der Waals surface area contributed by atoms with Gasteiger partial charge in [-0.1, -0.05) is 42.1 Å². The van der Waals surface area contributed by atoms with Crippen LogP contribution in [-0.2, 0) is 11.3 Å². The minimum atomic E-state index is -0.109. The van der Waals surface area contributed by atoms with Gasteiger partial charge in [0.2, 0.25) is 5.91 Å². The highest BCUT2D eigenvalue weighted by Crippen LogP contribution is 2.28. The monoisotopic (exact) mass is 441 g/mol. The average Bonchev–Trinajstić information content (AvgIpc) is 3.46. The van der Waals surface area contributed by atoms with Gasteiger partial charge in [-0.3, -0.25) is 4.79 Å². The quantitative estimate of drug-likeness (QED) is 0.400. The molecule has 3 aromatic heterocycles. The van der Waals surface area contributed by atoms with Crippen molar-refractivity contribution in [2.75, 3.05) is 11.1 Å². The lowest BCUT2D eigenvalue weighted by atomic mass is 10.2. The van der Waals surface area contributed by atoms with Crippen molar-refractivity contribution >= 4 is 45.5 Å². The van der Waals surface area contributed by atoms with E-state index in [9.17, 15) is 4.79 Å². The summed E-state index contributed by atoms with van der Waals surface area (Å²) in [6.07, 6.45) is 0. The highest BCUT2D eigenvalue weighted by Gasteiger charge is 2.16. The second-order valence-electron chi connectivity index (χ2n) is 6.24. The number of rotatable bonds is 7. The second-order valence-corrected chi connectivity index (χ2v) is 9.15. The van der Waals surface area contributed by atoms with Gasteiger partial charge in [0.25, 0.3) is 0 Å². The van der Waals surface area contributed by atoms with Crippen LogP contribution in [0.25, 0.3) is 22.6 Å². The molecule has 0 aliphatic rings. The zero-order chi connectivity index (χ0) is 20.2. The summed E-state index contributed by atoms with van der Waals surface area (Å²) >= 11 is 4.49. The van der Waals surface area contributed by atoms with Crippen LogP contribution in [0.15, 0.2) is 52.3 Å². The van der Waals surface area contributed by atoms with E-state index in [-0.39, 0.29) is 11.7 Å². The Morgan fingerprint density at radius 1 is 1.14 bits per heavy atom. The number of amides is 1. The number of benzene rings is 1. The molecule has 4 aromatic rings. The lowest BCUT2D eigenvalue weighted by molar-refractivity contribution is -0.113. The Labute approximate surface area is 181 Å². The van der Waals surface area contributed by atoms with Gasteiger partial charge in [-0.2, -0.15) is 0 Å². The summed E-state index contributed by atoms with van der Waals surface area (Å²) in [7, 11) is 0. The molecule has 0 fully saturated rings. The zero-order valence-electron chi connectivity index (χ0n) is 16.0. The highest BCUT2D eigenvalue weighted by atomic mass is 32.2.